The molecule has 3 heterocycles. The predicted octanol–water partition coefficient (Wildman–Crippen LogP) is 2.46. The normalized spacial score (nSPS) is 15.8. The monoisotopic (exact) mass is 447 g/mol. The molecule has 1 aliphatic rings. The zero-order chi connectivity index (χ0) is 21.8. The van der Waals surface area contributed by atoms with E-state index in [-0.39, 0.29) is 23.4 Å². The molecule has 31 heavy (non-hydrogen) atoms. The summed E-state index contributed by atoms with van der Waals surface area (Å²) < 4.78 is 24.3. The van der Waals surface area contributed by atoms with Crippen molar-refractivity contribution in [3.63, 3.8) is 0 Å². The molecule has 0 amide bonds. The molecule has 164 valence electrons. The van der Waals surface area contributed by atoms with Gasteiger partial charge in [0, 0.05) is 31.9 Å². The topological polar surface area (TPSA) is 92.4 Å². The third kappa shape index (κ3) is 5.19. The van der Waals surface area contributed by atoms with Crippen LogP contribution in [0.2, 0.25) is 5.02 Å². The Balaban J connectivity index is 1.51. The summed E-state index contributed by atoms with van der Waals surface area (Å²) in [7, 11) is 0. The first kappa shape index (κ1) is 21.6. The number of H-pyrrole nitrogens is 1. The van der Waals surface area contributed by atoms with E-state index >= 15 is 0 Å². The summed E-state index contributed by atoms with van der Waals surface area (Å²) in [6.07, 6.45) is 1.74. The average molecular weight is 448 g/mol. The molecule has 1 aromatic carbocycles. The van der Waals surface area contributed by atoms with Crippen molar-refractivity contribution < 1.29 is 13.9 Å². The fraction of sp³-hybridized carbons (Fsp3) is 0.381. The molecule has 3 aromatic rings. The van der Waals surface area contributed by atoms with Crippen LogP contribution in [0.1, 0.15) is 18.4 Å². The van der Waals surface area contributed by atoms with Gasteiger partial charge in [0.05, 0.1) is 35.5 Å². The molecular weight excluding hydrogens is 425 g/mol. The maximum Gasteiger partial charge on any atom is 0.258 e. The van der Waals surface area contributed by atoms with Gasteiger partial charge in [0.25, 0.3) is 5.56 Å². The summed E-state index contributed by atoms with van der Waals surface area (Å²) >= 11 is 5.78. The second kappa shape index (κ2) is 9.69. The van der Waals surface area contributed by atoms with Crippen LogP contribution in [0.5, 0.6) is 5.75 Å². The number of hydrogen-bond acceptors (Lipinski definition) is 7. The molecule has 0 bridgehead atoms. The standard InChI is InChI=1S/C21H23ClFN5O3/c1-13(28-6-8-30-9-7-28)25-11-18-20-15(4-5-24-18)21(29)27-19(26-20)12-31-14-2-3-17(23)16(22)10-14/h2-5,10,13,25H,6-9,11-12H2,1H3,(H,26,27,29)/t13-/m0/s1. The Morgan fingerprint density at radius 1 is 1.35 bits per heavy atom. The number of fused-ring (bicyclic) bond motifs is 1. The summed E-state index contributed by atoms with van der Waals surface area (Å²) in [5.74, 6) is 0.191. The van der Waals surface area contributed by atoms with Gasteiger partial charge in [-0.05, 0) is 25.1 Å². The molecule has 0 unspecified atom stereocenters. The Labute approximate surface area is 183 Å². The summed E-state index contributed by atoms with van der Waals surface area (Å²) in [5, 5.41) is 3.86. The first-order valence-electron chi connectivity index (χ1n) is 10.0. The number of pyridine rings is 1. The highest BCUT2D eigenvalue weighted by molar-refractivity contribution is 6.30. The van der Waals surface area contributed by atoms with Crippen LogP contribution in [0.3, 0.4) is 0 Å². The van der Waals surface area contributed by atoms with Gasteiger partial charge in [-0.25, -0.2) is 9.37 Å². The van der Waals surface area contributed by atoms with Crippen LogP contribution in [0.4, 0.5) is 4.39 Å². The van der Waals surface area contributed by atoms with Crippen LogP contribution >= 0.6 is 11.6 Å². The van der Waals surface area contributed by atoms with E-state index in [0.29, 0.717) is 34.7 Å². The molecule has 4 rings (SSSR count). The Hall–Kier alpha value is -2.59. The van der Waals surface area contributed by atoms with Crippen LogP contribution in [0.25, 0.3) is 10.9 Å². The molecule has 1 fully saturated rings. The van der Waals surface area contributed by atoms with E-state index in [2.05, 4.69) is 32.1 Å². The van der Waals surface area contributed by atoms with Crippen LogP contribution in [-0.4, -0.2) is 52.3 Å². The highest BCUT2D eigenvalue weighted by Crippen LogP contribution is 2.21. The molecule has 0 aliphatic carbocycles. The number of ether oxygens (including phenoxy) is 2. The maximum absolute atomic E-state index is 13.3. The minimum atomic E-state index is -0.527. The Morgan fingerprint density at radius 2 is 2.16 bits per heavy atom. The van der Waals surface area contributed by atoms with Crippen molar-refractivity contribution in [2.45, 2.75) is 26.2 Å². The fourth-order valence-electron chi connectivity index (χ4n) is 3.42. The number of nitrogens with one attached hydrogen (secondary N) is 2. The molecule has 2 aromatic heterocycles. The van der Waals surface area contributed by atoms with Gasteiger partial charge in [-0.1, -0.05) is 11.6 Å². The van der Waals surface area contributed by atoms with Crippen LogP contribution in [-0.2, 0) is 17.9 Å². The van der Waals surface area contributed by atoms with Crippen LogP contribution in [0, 0.1) is 5.82 Å². The zero-order valence-electron chi connectivity index (χ0n) is 17.0. The van der Waals surface area contributed by atoms with E-state index in [1.54, 1.807) is 12.3 Å². The molecule has 1 aliphatic heterocycles. The van der Waals surface area contributed by atoms with E-state index in [0.717, 1.165) is 26.3 Å². The quantitative estimate of drug-likeness (QED) is 0.574. The van der Waals surface area contributed by atoms with Gasteiger partial charge in [-0.2, -0.15) is 0 Å². The number of nitrogens with zero attached hydrogens (tertiary/aromatic N) is 3. The number of aromatic amines is 1. The van der Waals surface area contributed by atoms with Crippen molar-refractivity contribution >= 4 is 22.5 Å². The molecule has 1 atom stereocenters. The second-order valence-electron chi connectivity index (χ2n) is 7.24. The van der Waals surface area contributed by atoms with Gasteiger partial charge in [0.1, 0.15) is 29.5 Å². The van der Waals surface area contributed by atoms with Gasteiger partial charge >= 0.3 is 0 Å². The average Bonchev–Trinajstić information content (AvgIpc) is 2.79. The third-order valence-electron chi connectivity index (χ3n) is 5.17. The molecule has 2 N–H and O–H groups in total. The van der Waals surface area contributed by atoms with Crippen LogP contribution < -0.4 is 15.6 Å². The maximum atomic E-state index is 13.3. The summed E-state index contributed by atoms with van der Waals surface area (Å²) in [6.45, 7) is 5.72. The summed E-state index contributed by atoms with van der Waals surface area (Å²) in [6, 6.07) is 5.70. The first-order chi connectivity index (χ1) is 15.0. The van der Waals surface area contributed by atoms with Crippen LogP contribution in [0.15, 0.2) is 35.3 Å². The molecule has 10 heteroatoms. The van der Waals surface area contributed by atoms with Gasteiger partial charge in [-0.15, -0.1) is 0 Å². The number of benzene rings is 1. The number of rotatable bonds is 7. The molecule has 0 radical (unpaired) electrons. The number of halogens is 2. The zero-order valence-corrected chi connectivity index (χ0v) is 17.8. The Morgan fingerprint density at radius 3 is 2.94 bits per heavy atom. The molecular formula is C21H23ClFN5O3. The highest BCUT2D eigenvalue weighted by Gasteiger charge is 2.17. The predicted molar refractivity (Wildman–Crippen MR) is 115 cm³/mol. The van der Waals surface area contributed by atoms with Crippen molar-refractivity contribution in [1.29, 1.82) is 0 Å². The molecule has 8 nitrogen and oxygen atoms in total. The van der Waals surface area contributed by atoms with Gasteiger partial charge in [0.15, 0.2) is 0 Å². The number of morpholine rings is 1. The van der Waals surface area contributed by atoms with Crippen molar-refractivity contribution in [1.82, 2.24) is 25.2 Å². The minimum Gasteiger partial charge on any atom is -0.486 e. The minimum absolute atomic E-state index is 0.000908. The Bertz CT molecular complexity index is 1120. The van der Waals surface area contributed by atoms with Crippen molar-refractivity contribution in [3.05, 3.63) is 63.2 Å². The smallest absolute Gasteiger partial charge is 0.258 e. The molecule has 1 saturated heterocycles. The van der Waals surface area contributed by atoms with E-state index < -0.39 is 5.82 Å². The molecule has 0 saturated carbocycles. The lowest BCUT2D eigenvalue weighted by molar-refractivity contribution is 0.0127. The summed E-state index contributed by atoms with van der Waals surface area (Å²) in [4.78, 5) is 26.6. The highest BCUT2D eigenvalue weighted by atomic mass is 35.5. The van der Waals surface area contributed by atoms with Gasteiger partial charge < -0.3 is 14.5 Å². The van der Waals surface area contributed by atoms with E-state index in [1.165, 1.54) is 18.2 Å². The number of hydrogen-bond donors (Lipinski definition) is 2. The number of aromatic nitrogens is 3. The van der Waals surface area contributed by atoms with E-state index in [1.807, 2.05) is 0 Å². The van der Waals surface area contributed by atoms with E-state index in [4.69, 9.17) is 21.1 Å². The van der Waals surface area contributed by atoms with Crippen molar-refractivity contribution in [2.75, 3.05) is 26.3 Å². The fourth-order valence-corrected chi connectivity index (χ4v) is 3.59. The van der Waals surface area contributed by atoms with Gasteiger partial charge in [-0.3, -0.25) is 20.0 Å². The first-order valence-corrected chi connectivity index (χ1v) is 10.4. The Kier molecular flexibility index (Phi) is 6.77. The third-order valence-corrected chi connectivity index (χ3v) is 5.46. The lowest BCUT2D eigenvalue weighted by Gasteiger charge is -2.32. The van der Waals surface area contributed by atoms with Crippen molar-refractivity contribution in [3.8, 4) is 5.75 Å². The summed E-state index contributed by atoms with van der Waals surface area (Å²) in [5.41, 5.74) is 0.920. The molecule has 0 spiro atoms. The van der Waals surface area contributed by atoms with Crippen molar-refractivity contribution in [2.24, 2.45) is 0 Å². The second-order valence-corrected chi connectivity index (χ2v) is 7.64. The lowest BCUT2D eigenvalue weighted by atomic mass is 10.2. The van der Waals surface area contributed by atoms with Gasteiger partial charge in [0.2, 0.25) is 0 Å². The largest absolute Gasteiger partial charge is 0.486 e. The SMILES string of the molecule is C[C@@H](NCc1nccc2c(=O)[nH]c(COc3ccc(F)c(Cl)c3)nc12)N1CCOCC1. The lowest BCUT2D eigenvalue weighted by Crippen LogP contribution is -2.48. The van der Waals surface area contributed by atoms with E-state index in [9.17, 15) is 9.18 Å².